The first kappa shape index (κ1) is 14.3. The van der Waals surface area contributed by atoms with Crippen LogP contribution in [0.15, 0.2) is 48.5 Å². The number of carbonyl (C=O) groups excluding carboxylic acids is 1. The zero-order valence-electron chi connectivity index (χ0n) is 13.0. The molecule has 1 amide bonds. The first-order chi connectivity index (χ1) is 10.4. The second kappa shape index (κ2) is 5.30. The summed E-state index contributed by atoms with van der Waals surface area (Å²) in [6.45, 7) is 5.68. The van der Waals surface area contributed by atoms with Gasteiger partial charge in [0.25, 0.3) is 0 Å². The van der Waals surface area contributed by atoms with Crippen LogP contribution in [0.4, 0.5) is 5.69 Å². The number of amides is 1. The van der Waals surface area contributed by atoms with Gasteiger partial charge >= 0.3 is 0 Å². The van der Waals surface area contributed by atoms with Gasteiger partial charge in [0.15, 0.2) is 0 Å². The van der Waals surface area contributed by atoms with E-state index in [0.717, 1.165) is 28.1 Å². The number of anilines is 1. The third-order valence-corrected chi connectivity index (χ3v) is 3.50. The summed E-state index contributed by atoms with van der Waals surface area (Å²) < 4.78 is 0. The van der Waals surface area contributed by atoms with Gasteiger partial charge in [-0.3, -0.25) is 4.79 Å². The Kier molecular flexibility index (Phi) is 3.45. The van der Waals surface area contributed by atoms with Gasteiger partial charge in [0, 0.05) is 11.0 Å². The number of rotatable bonds is 2. The largest absolute Gasteiger partial charge is 0.338 e. The summed E-state index contributed by atoms with van der Waals surface area (Å²) in [4.78, 5) is 20.2. The van der Waals surface area contributed by atoms with Crippen LogP contribution >= 0.6 is 0 Å². The standard InChI is InChI=1S/C18H19N3O/c1-18(2,3)17(22)21-13-9-5-4-8-12(13)16-19-14-10-6-7-11-15(14)20-16/h4-11H,1-3H3,(H,19,20)(H,21,22). The van der Waals surface area contributed by atoms with Crippen molar-refractivity contribution in [2.24, 2.45) is 5.41 Å². The highest BCUT2D eigenvalue weighted by molar-refractivity contribution is 5.98. The number of nitrogens with zero attached hydrogens (tertiary/aromatic N) is 1. The molecule has 0 atom stereocenters. The molecule has 0 aliphatic heterocycles. The molecule has 1 aromatic heterocycles. The Bertz CT molecular complexity index is 794. The van der Waals surface area contributed by atoms with Gasteiger partial charge in [0.2, 0.25) is 5.91 Å². The van der Waals surface area contributed by atoms with E-state index in [0.29, 0.717) is 0 Å². The topological polar surface area (TPSA) is 57.8 Å². The van der Waals surface area contributed by atoms with E-state index in [1.807, 2.05) is 69.3 Å². The maximum absolute atomic E-state index is 12.2. The van der Waals surface area contributed by atoms with Crippen LogP contribution in [0, 0.1) is 5.41 Å². The van der Waals surface area contributed by atoms with Crippen molar-refractivity contribution in [1.82, 2.24) is 9.97 Å². The molecular formula is C18H19N3O. The summed E-state index contributed by atoms with van der Waals surface area (Å²) in [5.41, 5.74) is 3.10. The number of carbonyl (C=O) groups is 1. The molecule has 4 nitrogen and oxygen atoms in total. The number of para-hydroxylation sites is 3. The molecule has 0 unspecified atom stereocenters. The summed E-state index contributed by atoms with van der Waals surface area (Å²) in [7, 11) is 0. The highest BCUT2D eigenvalue weighted by Gasteiger charge is 2.22. The Hall–Kier alpha value is -2.62. The lowest BCUT2D eigenvalue weighted by Gasteiger charge is -2.18. The van der Waals surface area contributed by atoms with Crippen LogP contribution in [0.2, 0.25) is 0 Å². The Morgan fingerprint density at radius 2 is 1.73 bits per heavy atom. The molecule has 3 aromatic rings. The SMILES string of the molecule is CC(C)(C)C(=O)Nc1ccccc1-c1nc2ccccc2[nH]1. The molecular weight excluding hydrogens is 274 g/mol. The fourth-order valence-corrected chi connectivity index (χ4v) is 2.19. The van der Waals surface area contributed by atoms with Gasteiger partial charge in [-0.25, -0.2) is 4.98 Å². The Labute approximate surface area is 129 Å². The van der Waals surface area contributed by atoms with Crippen molar-refractivity contribution in [3.8, 4) is 11.4 Å². The molecule has 0 radical (unpaired) electrons. The van der Waals surface area contributed by atoms with Gasteiger partial charge in [-0.1, -0.05) is 45.0 Å². The third-order valence-electron chi connectivity index (χ3n) is 3.50. The van der Waals surface area contributed by atoms with Gasteiger partial charge in [0.1, 0.15) is 5.82 Å². The smallest absolute Gasteiger partial charge is 0.229 e. The lowest BCUT2D eigenvalue weighted by molar-refractivity contribution is -0.123. The molecule has 1 heterocycles. The maximum atomic E-state index is 12.2. The van der Waals surface area contributed by atoms with Crippen molar-refractivity contribution in [1.29, 1.82) is 0 Å². The zero-order chi connectivity index (χ0) is 15.7. The van der Waals surface area contributed by atoms with Crippen molar-refractivity contribution >= 4 is 22.6 Å². The Morgan fingerprint density at radius 3 is 2.45 bits per heavy atom. The summed E-state index contributed by atoms with van der Waals surface area (Å²) in [5, 5.41) is 2.99. The summed E-state index contributed by atoms with van der Waals surface area (Å²) >= 11 is 0. The van der Waals surface area contributed by atoms with Crippen LogP contribution in [0.1, 0.15) is 20.8 Å². The van der Waals surface area contributed by atoms with Crippen LogP contribution in [-0.2, 0) is 4.79 Å². The van der Waals surface area contributed by atoms with Gasteiger partial charge in [-0.05, 0) is 24.3 Å². The minimum atomic E-state index is -0.443. The zero-order valence-corrected chi connectivity index (χ0v) is 13.0. The molecule has 0 spiro atoms. The second-order valence-electron chi connectivity index (χ2n) is 6.35. The average Bonchev–Trinajstić information content (AvgIpc) is 2.90. The number of benzene rings is 2. The predicted molar refractivity (Wildman–Crippen MR) is 89.6 cm³/mol. The first-order valence-electron chi connectivity index (χ1n) is 7.31. The quantitative estimate of drug-likeness (QED) is 0.743. The summed E-state index contributed by atoms with van der Waals surface area (Å²) in [6, 6.07) is 15.6. The van der Waals surface area contributed by atoms with E-state index in [9.17, 15) is 4.79 Å². The van der Waals surface area contributed by atoms with Gasteiger partial charge < -0.3 is 10.3 Å². The lowest BCUT2D eigenvalue weighted by atomic mass is 9.95. The molecule has 22 heavy (non-hydrogen) atoms. The van der Waals surface area contributed by atoms with Crippen LogP contribution in [0.25, 0.3) is 22.4 Å². The van der Waals surface area contributed by atoms with E-state index in [4.69, 9.17) is 0 Å². The number of aromatic nitrogens is 2. The van der Waals surface area contributed by atoms with E-state index >= 15 is 0 Å². The Morgan fingerprint density at radius 1 is 1.05 bits per heavy atom. The summed E-state index contributed by atoms with van der Waals surface area (Å²) in [6.07, 6.45) is 0. The molecule has 0 saturated heterocycles. The molecule has 0 fully saturated rings. The van der Waals surface area contributed by atoms with Crippen LogP contribution < -0.4 is 5.32 Å². The monoisotopic (exact) mass is 293 g/mol. The Balaban J connectivity index is 2.02. The van der Waals surface area contributed by atoms with Crippen LogP contribution in [-0.4, -0.2) is 15.9 Å². The molecule has 0 bridgehead atoms. The second-order valence-corrected chi connectivity index (χ2v) is 6.35. The van der Waals surface area contributed by atoms with E-state index in [-0.39, 0.29) is 5.91 Å². The van der Waals surface area contributed by atoms with Crippen molar-refractivity contribution in [2.75, 3.05) is 5.32 Å². The van der Waals surface area contributed by atoms with E-state index < -0.39 is 5.41 Å². The number of hydrogen-bond donors (Lipinski definition) is 2. The maximum Gasteiger partial charge on any atom is 0.229 e. The van der Waals surface area contributed by atoms with E-state index in [1.165, 1.54) is 0 Å². The lowest BCUT2D eigenvalue weighted by Crippen LogP contribution is -2.27. The number of imidazole rings is 1. The fraction of sp³-hybridized carbons (Fsp3) is 0.222. The molecule has 2 aromatic carbocycles. The van der Waals surface area contributed by atoms with Crippen LogP contribution in [0.3, 0.4) is 0 Å². The normalized spacial score (nSPS) is 11.6. The highest BCUT2D eigenvalue weighted by atomic mass is 16.2. The molecule has 3 rings (SSSR count). The van der Waals surface area contributed by atoms with Gasteiger partial charge in [0.05, 0.1) is 16.7 Å². The van der Waals surface area contributed by atoms with Gasteiger partial charge in [-0.2, -0.15) is 0 Å². The predicted octanol–water partition coefficient (Wildman–Crippen LogP) is 4.21. The molecule has 0 saturated carbocycles. The molecule has 0 aliphatic rings. The minimum Gasteiger partial charge on any atom is -0.338 e. The van der Waals surface area contributed by atoms with Crippen molar-refractivity contribution in [2.45, 2.75) is 20.8 Å². The highest BCUT2D eigenvalue weighted by Crippen LogP contribution is 2.28. The molecule has 2 N–H and O–H groups in total. The van der Waals surface area contributed by atoms with Crippen molar-refractivity contribution in [3.63, 3.8) is 0 Å². The van der Waals surface area contributed by atoms with Crippen LogP contribution in [0.5, 0.6) is 0 Å². The number of aromatic amines is 1. The number of hydrogen-bond acceptors (Lipinski definition) is 2. The molecule has 112 valence electrons. The molecule has 0 aliphatic carbocycles. The van der Waals surface area contributed by atoms with Crippen molar-refractivity contribution in [3.05, 3.63) is 48.5 Å². The molecule has 4 heteroatoms. The third kappa shape index (κ3) is 2.72. The van der Waals surface area contributed by atoms with Crippen molar-refractivity contribution < 1.29 is 4.79 Å². The average molecular weight is 293 g/mol. The number of nitrogens with one attached hydrogen (secondary N) is 2. The fourth-order valence-electron chi connectivity index (χ4n) is 2.19. The number of H-pyrrole nitrogens is 1. The summed E-state index contributed by atoms with van der Waals surface area (Å²) in [5.74, 6) is 0.738. The van der Waals surface area contributed by atoms with E-state index in [2.05, 4.69) is 15.3 Å². The van der Waals surface area contributed by atoms with E-state index in [1.54, 1.807) is 0 Å². The minimum absolute atomic E-state index is 0.0175. The van der Waals surface area contributed by atoms with Gasteiger partial charge in [-0.15, -0.1) is 0 Å². The first-order valence-corrected chi connectivity index (χ1v) is 7.31. The number of fused-ring (bicyclic) bond motifs is 1.